The number of hydrogen-bond acceptors (Lipinski definition) is 4. The number of aryl methyl sites for hydroxylation is 2. The molecule has 1 aliphatic carbocycles. The van der Waals surface area contributed by atoms with Gasteiger partial charge in [0.1, 0.15) is 0 Å². The topological polar surface area (TPSA) is 75.5 Å². The quantitative estimate of drug-likeness (QED) is 0.668. The van der Waals surface area contributed by atoms with Gasteiger partial charge in [0.25, 0.3) is 5.69 Å². The summed E-state index contributed by atoms with van der Waals surface area (Å²) in [6.45, 7) is 1.91. The lowest BCUT2D eigenvalue weighted by Crippen LogP contribution is -2.32. The molecule has 6 heteroatoms. The second-order valence-corrected chi connectivity index (χ2v) is 6.47. The molecule has 0 radical (unpaired) electrons. The van der Waals surface area contributed by atoms with Crippen LogP contribution in [-0.2, 0) is 11.2 Å². The second kappa shape index (κ2) is 7.03. The highest BCUT2D eigenvalue weighted by Gasteiger charge is 2.26. The Bertz CT molecular complexity index is 819. The number of nitro groups is 1. The fraction of sp³-hybridized carbons (Fsp3) is 0.316. The summed E-state index contributed by atoms with van der Waals surface area (Å²) in [5, 5.41) is 13.8. The molecule has 1 aliphatic rings. The molecular formula is C19H21N3O3. The van der Waals surface area contributed by atoms with Crippen LogP contribution in [0, 0.1) is 17.0 Å². The summed E-state index contributed by atoms with van der Waals surface area (Å²) in [4.78, 5) is 24.9. The summed E-state index contributed by atoms with van der Waals surface area (Å²) >= 11 is 0. The van der Waals surface area contributed by atoms with Crippen LogP contribution in [0.25, 0.3) is 0 Å². The number of anilines is 1. The maximum atomic E-state index is 12.3. The predicted molar refractivity (Wildman–Crippen MR) is 96.6 cm³/mol. The fourth-order valence-electron chi connectivity index (χ4n) is 3.41. The Morgan fingerprint density at radius 3 is 2.84 bits per heavy atom. The number of carbonyl (C=O) groups excluding carboxylic acids is 1. The molecule has 0 aromatic heterocycles. The van der Waals surface area contributed by atoms with E-state index in [2.05, 4.69) is 17.4 Å². The van der Waals surface area contributed by atoms with E-state index < -0.39 is 4.92 Å². The molecule has 0 saturated carbocycles. The number of benzene rings is 2. The SMILES string of the molecule is Cc1ccc(NC(=O)CN(C)[C@@H]2CCc3ccccc32)cc1[N+](=O)[O-]. The van der Waals surface area contributed by atoms with Crippen LogP contribution in [0.3, 0.4) is 0 Å². The van der Waals surface area contributed by atoms with E-state index in [1.807, 2.05) is 24.1 Å². The molecule has 0 bridgehead atoms. The predicted octanol–water partition coefficient (Wildman–Crippen LogP) is 3.46. The zero-order valence-corrected chi connectivity index (χ0v) is 14.4. The second-order valence-electron chi connectivity index (χ2n) is 6.47. The summed E-state index contributed by atoms with van der Waals surface area (Å²) < 4.78 is 0. The van der Waals surface area contributed by atoms with Crippen LogP contribution in [-0.4, -0.2) is 29.3 Å². The average molecular weight is 339 g/mol. The first kappa shape index (κ1) is 17.1. The van der Waals surface area contributed by atoms with Crippen LogP contribution in [0.4, 0.5) is 11.4 Å². The Kier molecular flexibility index (Phi) is 4.81. The normalized spacial score (nSPS) is 15.9. The molecule has 0 unspecified atom stereocenters. The number of carbonyl (C=O) groups is 1. The Hall–Kier alpha value is -2.73. The Labute approximate surface area is 146 Å². The minimum atomic E-state index is -0.438. The zero-order valence-electron chi connectivity index (χ0n) is 14.4. The van der Waals surface area contributed by atoms with Gasteiger partial charge in [0.15, 0.2) is 0 Å². The van der Waals surface area contributed by atoms with E-state index in [1.54, 1.807) is 19.1 Å². The number of nitrogens with zero attached hydrogens (tertiary/aromatic N) is 2. The van der Waals surface area contributed by atoms with Crippen LogP contribution in [0.5, 0.6) is 0 Å². The van der Waals surface area contributed by atoms with Crippen molar-refractivity contribution in [3.63, 3.8) is 0 Å². The lowest BCUT2D eigenvalue weighted by molar-refractivity contribution is -0.385. The van der Waals surface area contributed by atoms with Gasteiger partial charge in [-0.2, -0.15) is 0 Å². The van der Waals surface area contributed by atoms with Crippen molar-refractivity contribution in [2.45, 2.75) is 25.8 Å². The van der Waals surface area contributed by atoms with Crippen molar-refractivity contribution in [1.29, 1.82) is 0 Å². The Morgan fingerprint density at radius 1 is 1.32 bits per heavy atom. The van der Waals surface area contributed by atoms with Gasteiger partial charge in [-0.15, -0.1) is 0 Å². The van der Waals surface area contributed by atoms with Gasteiger partial charge in [0, 0.05) is 23.4 Å². The monoisotopic (exact) mass is 339 g/mol. The molecule has 130 valence electrons. The van der Waals surface area contributed by atoms with Crippen LogP contribution in [0.1, 0.15) is 29.2 Å². The maximum absolute atomic E-state index is 12.3. The standard InChI is InChI=1S/C19H21N3O3/c1-13-7-9-15(11-18(13)22(24)25)20-19(23)12-21(2)17-10-8-14-5-3-4-6-16(14)17/h3-7,9,11,17H,8,10,12H2,1-2H3,(H,20,23)/t17-/m1/s1. The van der Waals surface area contributed by atoms with Gasteiger partial charge in [-0.1, -0.05) is 30.3 Å². The summed E-state index contributed by atoms with van der Waals surface area (Å²) in [5.41, 5.74) is 3.65. The van der Waals surface area contributed by atoms with Crippen LogP contribution >= 0.6 is 0 Å². The smallest absolute Gasteiger partial charge is 0.274 e. The molecule has 0 heterocycles. The minimum Gasteiger partial charge on any atom is -0.325 e. The van der Waals surface area contributed by atoms with Crippen LogP contribution < -0.4 is 5.32 Å². The molecule has 1 atom stereocenters. The zero-order chi connectivity index (χ0) is 18.0. The molecule has 0 aliphatic heterocycles. The fourth-order valence-corrected chi connectivity index (χ4v) is 3.41. The molecule has 0 fully saturated rings. The number of nitro benzene ring substituents is 1. The van der Waals surface area contributed by atoms with Crippen LogP contribution in [0.15, 0.2) is 42.5 Å². The summed E-state index contributed by atoms with van der Waals surface area (Å²) in [5.74, 6) is -0.176. The van der Waals surface area contributed by atoms with E-state index in [0.717, 1.165) is 12.8 Å². The van der Waals surface area contributed by atoms with Crippen molar-refractivity contribution in [2.75, 3.05) is 18.9 Å². The summed E-state index contributed by atoms with van der Waals surface area (Å²) in [7, 11) is 1.93. The van der Waals surface area contributed by atoms with E-state index in [1.165, 1.54) is 17.2 Å². The highest BCUT2D eigenvalue weighted by molar-refractivity contribution is 5.92. The number of fused-ring (bicyclic) bond motifs is 1. The van der Waals surface area contributed by atoms with Gasteiger partial charge in [0.2, 0.25) is 5.91 Å². The lowest BCUT2D eigenvalue weighted by atomic mass is 10.1. The first-order valence-corrected chi connectivity index (χ1v) is 8.28. The van der Waals surface area contributed by atoms with Crippen molar-refractivity contribution in [1.82, 2.24) is 4.90 Å². The highest BCUT2D eigenvalue weighted by Crippen LogP contribution is 2.34. The average Bonchev–Trinajstić information content (AvgIpc) is 3.00. The van der Waals surface area contributed by atoms with E-state index in [9.17, 15) is 14.9 Å². The van der Waals surface area contributed by atoms with Crippen molar-refractivity contribution < 1.29 is 9.72 Å². The summed E-state index contributed by atoms with van der Waals surface area (Å²) in [6, 6.07) is 13.3. The van der Waals surface area contributed by atoms with Crippen molar-refractivity contribution in [3.8, 4) is 0 Å². The van der Waals surface area contributed by atoms with E-state index in [-0.39, 0.29) is 24.2 Å². The van der Waals surface area contributed by atoms with Gasteiger partial charge in [0.05, 0.1) is 11.5 Å². The van der Waals surface area contributed by atoms with E-state index >= 15 is 0 Å². The van der Waals surface area contributed by atoms with Gasteiger partial charge in [-0.3, -0.25) is 19.8 Å². The molecule has 1 amide bonds. The van der Waals surface area contributed by atoms with Crippen LogP contribution in [0.2, 0.25) is 0 Å². The third-order valence-electron chi connectivity index (χ3n) is 4.72. The number of likely N-dealkylation sites (N-methyl/N-ethyl adjacent to an activating group) is 1. The van der Waals surface area contributed by atoms with Gasteiger partial charge in [-0.25, -0.2) is 0 Å². The Balaban J connectivity index is 1.65. The maximum Gasteiger partial charge on any atom is 0.274 e. The number of rotatable bonds is 5. The van der Waals surface area contributed by atoms with Gasteiger partial charge >= 0.3 is 0 Å². The van der Waals surface area contributed by atoms with Crippen molar-refractivity contribution >= 4 is 17.3 Å². The van der Waals surface area contributed by atoms with Gasteiger partial charge in [-0.05, 0) is 44.0 Å². The molecule has 25 heavy (non-hydrogen) atoms. The Morgan fingerprint density at radius 2 is 2.08 bits per heavy atom. The van der Waals surface area contributed by atoms with Crippen molar-refractivity contribution in [3.05, 3.63) is 69.3 Å². The van der Waals surface area contributed by atoms with E-state index in [0.29, 0.717) is 11.3 Å². The first-order valence-electron chi connectivity index (χ1n) is 8.28. The number of nitrogens with one attached hydrogen (secondary N) is 1. The summed E-state index contributed by atoms with van der Waals surface area (Å²) in [6.07, 6.45) is 2.02. The molecular weight excluding hydrogens is 318 g/mol. The number of hydrogen-bond donors (Lipinski definition) is 1. The van der Waals surface area contributed by atoms with Crippen molar-refractivity contribution in [2.24, 2.45) is 0 Å². The minimum absolute atomic E-state index is 0.0101. The third kappa shape index (κ3) is 3.69. The first-order chi connectivity index (χ1) is 12.0. The van der Waals surface area contributed by atoms with E-state index in [4.69, 9.17) is 0 Å². The molecule has 0 spiro atoms. The molecule has 6 nitrogen and oxygen atoms in total. The molecule has 2 aromatic rings. The third-order valence-corrected chi connectivity index (χ3v) is 4.72. The molecule has 0 saturated heterocycles. The highest BCUT2D eigenvalue weighted by atomic mass is 16.6. The number of amides is 1. The largest absolute Gasteiger partial charge is 0.325 e. The molecule has 2 aromatic carbocycles. The molecule has 3 rings (SSSR count). The molecule has 1 N–H and O–H groups in total. The van der Waals surface area contributed by atoms with Gasteiger partial charge < -0.3 is 5.32 Å². The lowest BCUT2D eigenvalue weighted by Gasteiger charge is -2.24.